The minimum Gasteiger partial charge on any atom is -0.481 e. The van der Waals surface area contributed by atoms with Crippen molar-refractivity contribution in [3.8, 4) is 0 Å². The van der Waals surface area contributed by atoms with Crippen LogP contribution < -0.4 is 0 Å². The van der Waals surface area contributed by atoms with Gasteiger partial charge in [0, 0.05) is 29.1 Å². The second kappa shape index (κ2) is 6.45. The van der Waals surface area contributed by atoms with Crippen LogP contribution >= 0.6 is 11.6 Å². The summed E-state index contributed by atoms with van der Waals surface area (Å²) < 4.78 is 13.1. The zero-order valence-corrected chi connectivity index (χ0v) is 13.2. The summed E-state index contributed by atoms with van der Waals surface area (Å²) in [6.45, 7) is 0. The number of nitrogens with one attached hydrogen (secondary N) is 1. The van der Waals surface area contributed by atoms with E-state index in [1.807, 2.05) is 12.1 Å². The number of aliphatic carboxylic acids is 1. The Balaban J connectivity index is 1.95. The normalized spacial score (nSPS) is 12.2. The van der Waals surface area contributed by atoms with E-state index in [1.165, 1.54) is 6.07 Å². The minimum absolute atomic E-state index is 0.0249. The molecule has 0 bridgehead atoms. The molecule has 0 spiro atoms. The van der Waals surface area contributed by atoms with Gasteiger partial charge >= 0.3 is 5.97 Å². The molecule has 4 nitrogen and oxygen atoms in total. The molecule has 122 valence electrons. The molecule has 0 aliphatic carbocycles. The Morgan fingerprint density at radius 1 is 1.21 bits per heavy atom. The summed E-state index contributed by atoms with van der Waals surface area (Å²) in [5.74, 6) is -3.12. The SMILES string of the molecule is O=C(CC(C(=O)O)c1c[nH]c2ccccc12)c1ccc(F)cc1Cl. The zero-order valence-electron chi connectivity index (χ0n) is 12.4. The van der Waals surface area contributed by atoms with E-state index in [1.54, 1.807) is 18.3 Å². The number of halogens is 2. The molecule has 0 radical (unpaired) electrons. The van der Waals surface area contributed by atoms with E-state index in [9.17, 15) is 19.1 Å². The number of aromatic nitrogens is 1. The first-order chi connectivity index (χ1) is 11.5. The Labute approximate surface area is 141 Å². The Morgan fingerprint density at radius 3 is 2.67 bits per heavy atom. The maximum Gasteiger partial charge on any atom is 0.311 e. The standard InChI is InChI=1S/C18H13ClFNO3/c19-15-7-10(20)5-6-12(15)17(22)8-13(18(23)24)14-9-21-16-4-2-1-3-11(14)16/h1-7,9,13,21H,8H2,(H,23,24). The molecule has 3 aromatic rings. The van der Waals surface area contributed by atoms with Gasteiger partial charge in [0.05, 0.1) is 10.9 Å². The topological polar surface area (TPSA) is 70.2 Å². The molecule has 1 aromatic heterocycles. The monoisotopic (exact) mass is 345 g/mol. The van der Waals surface area contributed by atoms with Crippen molar-refractivity contribution in [2.45, 2.75) is 12.3 Å². The number of carboxylic acids is 1. The number of para-hydroxylation sites is 1. The Bertz CT molecular complexity index is 935. The smallest absolute Gasteiger partial charge is 0.311 e. The molecule has 1 unspecified atom stereocenters. The summed E-state index contributed by atoms with van der Waals surface area (Å²) >= 11 is 5.89. The fraction of sp³-hybridized carbons (Fsp3) is 0.111. The van der Waals surface area contributed by atoms with Crippen molar-refractivity contribution in [1.29, 1.82) is 0 Å². The highest BCUT2D eigenvalue weighted by molar-refractivity contribution is 6.34. The summed E-state index contributed by atoms with van der Waals surface area (Å²) in [6, 6.07) is 10.7. The molecule has 0 saturated carbocycles. The highest BCUT2D eigenvalue weighted by Crippen LogP contribution is 2.30. The minimum atomic E-state index is -1.11. The lowest BCUT2D eigenvalue weighted by Crippen LogP contribution is -2.16. The Kier molecular flexibility index (Phi) is 4.36. The maximum atomic E-state index is 13.1. The highest BCUT2D eigenvalue weighted by Gasteiger charge is 2.27. The third-order valence-electron chi connectivity index (χ3n) is 3.92. The fourth-order valence-electron chi connectivity index (χ4n) is 2.72. The van der Waals surface area contributed by atoms with Gasteiger partial charge in [0.1, 0.15) is 5.82 Å². The van der Waals surface area contributed by atoms with Crippen LogP contribution in [0.2, 0.25) is 5.02 Å². The number of fused-ring (bicyclic) bond motifs is 1. The van der Waals surface area contributed by atoms with E-state index in [-0.39, 0.29) is 17.0 Å². The van der Waals surface area contributed by atoms with Crippen molar-refractivity contribution in [3.63, 3.8) is 0 Å². The number of hydrogen-bond acceptors (Lipinski definition) is 2. The van der Waals surface area contributed by atoms with Crippen molar-refractivity contribution < 1.29 is 19.1 Å². The average molecular weight is 346 g/mol. The first-order valence-electron chi connectivity index (χ1n) is 7.24. The fourth-order valence-corrected chi connectivity index (χ4v) is 3.00. The molecule has 6 heteroatoms. The number of hydrogen-bond donors (Lipinski definition) is 2. The molecule has 1 heterocycles. The van der Waals surface area contributed by atoms with Crippen LogP contribution in [0.25, 0.3) is 10.9 Å². The van der Waals surface area contributed by atoms with Crippen LogP contribution in [0.5, 0.6) is 0 Å². The molecule has 0 saturated heterocycles. The molecule has 1 atom stereocenters. The van der Waals surface area contributed by atoms with Crippen LogP contribution in [0.3, 0.4) is 0 Å². The van der Waals surface area contributed by atoms with E-state index in [2.05, 4.69) is 4.98 Å². The van der Waals surface area contributed by atoms with Gasteiger partial charge in [-0.3, -0.25) is 9.59 Å². The largest absolute Gasteiger partial charge is 0.481 e. The van der Waals surface area contributed by atoms with Gasteiger partial charge in [-0.05, 0) is 29.8 Å². The summed E-state index contributed by atoms with van der Waals surface area (Å²) in [5.41, 5.74) is 1.44. The summed E-state index contributed by atoms with van der Waals surface area (Å²) in [6.07, 6.45) is 1.34. The van der Waals surface area contributed by atoms with Crippen molar-refractivity contribution in [2.75, 3.05) is 0 Å². The summed E-state index contributed by atoms with van der Waals surface area (Å²) in [4.78, 5) is 27.1. The third-order valence-corrected chi connectivity index (χ3v) is 4.23. The van der Waals surface area contributed by atoms with Crippen molar-refractivity contribution in [3.05, 3.63) is 70.6 Å². The van der Waals surface area contributed by atoms with Gasteiger partial charge in [0.2, 0.25) is 0 Å². The van der Waals surface area contributed by atoms with Gasteiger partial charge in [0.25, 0.3) is 0 Å². The molecule has 0 aliphatic rings. The molecule has 2 N–H and O–H groups in total. The lowest BCUT2D eigenvalue weighted by Gasteiger charge is -2.12. The second-order valence-corrected chi connectivity index (χ2v) is 5.84. The molecule has 0 fully saturated rings. The van der Waals surface area contributed by atoms with Crippen molar-refractivity contribution >= 4 is 34.3 Å². The van der Waals surface area contributed by atoms with Gasteiger partial charge in [-0.2, -0.15) is 0 Å². The van der Waals surface area contributed by atoms with E-state index >= 15 is 0 Å². The van der Waals surface area contributed by atoms with Gasteiger partial charge < -0.3 is 10.1 Å². The zero-order chi connectivity index (χ0) is 17.3. The molecular weight excluding hydrogens is 333 g/mol. The lowest BCUT2D eigenvalue weighted by molar-refractivity contribution is -0.138. The summed E-state index contributed by atoms with van der Waals surface area (Å²) in [5, 5.41) is 10.3. The van der Waals surface area contributed by atoms with Crippen LogP contribution in [0, 0.1) is 5.82 Å². The number of carbonyl (C=O) groups is 2. The molecule has 0 aliphatic heterocycles. The number of rotatable bonds is 5. The van der Waals surface area contributed by atoms with Gasteiger partial charge in [-0.25, -0.2) is 4.39 Å². The predicted molar refractivity (Wildman–Crippen MR) is 89.0 cm³/mol. The number of ketones is 1. The van der Waals surface area contributed by atoms with E-state index in [0.29, 0.717) is 5.56 Å². The van der Waals surface area contributed by atoms with Crippen molar-refractivity contribution in [1.82, 2.24) is 4.98 Å². The van der Waals surface area contributed by atoms with E-state index in [4.69, 9.17) is 11.6 Å². The molecule has 3 rings (SSSR count). The van der Waals surface area contributed by atoms with E-state index in [0.717, 1.165) is 23.0 Å². The van der Waals surface area contributed by atoms with Crippen LogP contribution in [0.15, 0.2) is 48.7 Å². The number of carboxylic acid groups (broad SMARTS) is 1. The van der Waals surface area contributed by atoms with Crippen LogP contribution in [-0.2, 0) is 4.79 Å². The summed E-state index contributed by atoms with van der Waals surface area (Å²) in [7, 11) is 0. The number of aromatic amines is 1. The Morgan fingerprint density at radius 2 is 1.96 bits per heavy atom. The Hall–Kier alpha value is -2.66. The number of carbonyl (C=O) groups excluding carboxylic acids is 1. The van der Waals surface area contributed by atoms with Crippen LogP contribution in [-0.4, -0.2) is 21.8 Å². The van der Waals surface area contributed by atoms with Crippen LogP contribution in [0.4, 0.5) is 4.39 Å². The molecule has 0 amide bonds. The average Bonchev–Trinajstić information content (AvgIpc) is 2.96. The third kappa shape index (κ3) is 3.03. The lowest BCUT2D eigenvalue weighted by atomic mass is 9.91. The molecule has 2 aromatic carbocycles. The number of benzene rings is 2. The van der Waals surface area contributed by atoms with Gasteiger partial charge in [-0.1, -0.05) is 29.8 Å². The molecular formula is C18H13ClFNO3. The van der Waals surface area contributed by atoms with E-state index < -0.39 is 23.5 Å². The van der Waals surface area contributed by atoms with Gasteiger partial charge in [-0.15, -0.1) is 0 Å². The first kappa shape index (κ1) is 16.2. The predicted octanol–water partition coefficient (Wildman–Crippen LogP) is 4.40. The van der Waals surface area contributed by atoms with Crippen molar-refractivity contribution in [2.24, 2.45) is 0 Å². The maximum absolute atomic E-state index is 13.1. The second-order valence-electron chi connectivity index (χ2n) is 5.43. The number of Topliss-reactive ketones (excluding diaryl/α,β-unsaturated/α-hetero) is 1. The van der Waals surface area contributed by atoms with Gasteiger partial charge in [0.15, 0.2) is 5.78 Å². The molecule has 24 heavy (non-hydrogen) atoms. The van der Waals surface area contributed by atoms with Crippen LogP contribution in [0.1, 0.15) is 28.3 Å². The first-order valence-corrected chi connectivity index (χ1v) is 7.62. The quantitative estimate of drug-likeness (QED) is 0.673. The highest BCUT2D eigenvalue weighted by atomic mass is 35.5. The number of H-pyrrole nitrogens is 1.